The standard InChI is InChI=1S/C32H48N2O7/c1-5-7-28-40-27-15-24-23-10-9-21-14-22(36)11-12-30(21,3)29(23)25(37)16-31(24,4)32(27,41-28)26(38)17-39-19-34(18-35)13-6-8-20(2)33/h11-12,14,18,20,23-25,27-29,37H,5-10,13,15-17,19,33H2,1-4H3. The number of carbonyl (C=O) groups is 3. The van der Waals surface area contributed by atoms with E-state index in [-0.39, 0.29) is 54.1 Å². The lowest BCUT2D eigenvalue weighted by atomic mass is 9.46. The van der Waals surface area contributed by atoms with Crippen molar-refractivity contribution < 1.29 is 33.7 Å². The lowest BCUT2D eigenvalue weighted by molar-refractivity contribution is -0.201. The predicted molar refractivity (Wildman–Crippen MR) is 152 cm³/mol. The highest BCUT2D eigenvalue weighted by Gasteiger charge is 2.75. The topological polar surface area (TPSA) is 128 Å². The number of fused-ring (bicyclic) bond motifs is 7. The minimum atomic E-state index is -1.22. The van der Waals surface area contributed by atoms with E-state index in [1.807, 2.05) is 13.0 Å². The van der Waals surface area contributed by atoms with Gasteiger partial charge in [0.05, 0.1) is 12.2 Å². The summed E-state index contributed by atoms with van der Waals surface area (Å²) in [4.78, 5) is 39.5. The van der Waals surface area contributed by atoms with Gasteiger partial charge in [0.2, 0.25) is 6.41 Å². The molecule has 10 unspecified atom stereocenters. The Labute approximate surface area is 243 Å². The Hall–Kier alpha value is -1.91. The van der Waals surface area contributed by atoms with Gasteiger partial charge in [-0.05, 0) is 75.9 Å². The summed E-state index contributed by atoms with van der Waals surface area (Å²) >= 11 is 0. The molecule has 0 aromatic carbocycles. The van der Waals surface area contributed by atoms with Gasteiger partial charge in [-0.1, -0.05) is 38.8 Å². The molecule has 9 heteroatoms. The van der Waals surface area contributed by atoms with Crippen molar-refractivity contribution in [1.29, 1.82) is 0 Å². The highest BCUT2D eigenvalue weighted by Crippen LogP contribution is 2.69. The minimum absolute atomic E-state index is 0.0110. The summed E-state index contributed by atoms with van der Waals surface area (Å²) in [6, 6.07) is 0.0603. The molecule has 9 nitrogen and oxygen atoms in total. The lowest BCUT2D eigenvalue weighted by Gasteiger charge is -2.59. The van der Waals surface area contributed by atoms with E-state index in [0.29, 0.717) is 25.8 Å². The second-order valence-corrected chi connectivity index (χ2v) is 13.6. The van der Waals surface area contributed by atoms with Crippen LogP contribution in [0, 0.1) is 28.6 Å². The van der Waals surface area contributed by atoms with Gasteiger partial charge in [0.15, 0.2) is 23.5 Å². The number of hydrogen-bond acceptors (Lipinski definition) is 8. The van der Waals surface area contributed by atoms with E-state index in [4.69, 9.17) is 19.9 Å². The second-order valence-electron chi connectivity index (χ2n) is 13.6. The first-order valence-electron chi connectivity index (χ1n) is 15.5. The third-order valence-corrected chi connectivity index (χ3v) is 11.0. The maximum absolute atomic E-state index is 14.2. The van der Waals surface area contributed by atoms with Gasteiger partial charge in [-0.15, -0.1) is 0 Å². The van der Waals surface area contributed by atoms with E-state index in [1.54, 1.807) is 12.2 Å². The van der Waals surface area contributed by atoms with E-state index < -0.39 is 29.5 Å². The Morgan fingerprint density at radius 1 is 1.37 bits per heavy atom. The molecule has 5 aliphatic rings. The number of hydrogen-bond donors (Lipinski definition) is 2. The second kappa shape index (κ2) is 11.6. The van der Waals surface area contributed by atoms with Gasteiger partial charge in [0, 0.05) is 29.3 Å². The Kier molecular flexibility index (Phi) is 8.67. The number of ketones is 2. The minimum Gasteiger partial charge on any atom is -0.393 e. The number of allylic oxidation sites excluding steroid dienone is 4. The molecule has 1 heterocycles. The van der Waals surface area contributed by atoms with Gasteiger partial charge in [-0.3, -0.25) is 14.4 Å². The number of carbonyl (C=O) groups excluding carboxylic acids is 3. The summed E-state index contributed by atoms with van der Waals surface area (Å²) in [7, 11) is 0. The molecular weight excluding hydrogens is 524 g/mol. The highest BCUT2D eigenvalue weighted by atomic mass is 16.7. The SMILES string of the molecule is CCCC1OC2CC3C4CCC5=CC(=O)C=CC5(C)C4C(O)CC3(C)C2(C(=O)COCN(C=O)CCCC(C)N)O1. The van der Waals surface area contributed by atoms with Crippen molar-refractivity contribution in [2.24, 2.45) is 34.3 Å². The van der Waals surface area contributed by atoms with Gasteiger partial charge in [-0.2, -0.15) is 0 Å². The zero-order valence-electron chi connectivity index (χ0n) is 25.1. The van der Waals surface area contributed by atoms with Crippen LogP contribution in [0.25, 0.3) is 0 Å². The molecule has 0 radical (unpaired) electrons. The maximum Gasteiger partial charge on any atom is 0.211 e. The zero-order chi connectivity index (χ0) is 29.6. The van der Waals surface area contributed by atoms with Crippen LogP contribution in [0.15, 0.2) is 23.8 Å². The van der Waals surface area contributed by atoms with Crippen LogP contribution in [-0.4, -0.2) is 78.0 Å². The summed E-state index contributed by atoms with van der Waals surface area (Å²) in [5.41, 5.74) is 4.67. The normalized spacial score (nSPS) is 41.6. The molecule has 1 amide bonds. The molecule has 10 atom stereocenters. The van der Waals surface area contributed by atoms with Crippen LogP contribution in [-0.2, 0) is 28.6 Å². The van der Waals surface area contributed by atoms with Crippen LogP contribution in [0.2, 0.25) is 0 Å². The maximum atomic E-state index is 14.2. The summed E-state index contributed by atoms with van der Waals surface area (Å²) in [5, 5.41) is 11.8. The van der Waals surface area contributed by atoms with Gasteiger partial charge in [0.1, 0.15) is 13.3 Å². The summed E-state index contributed by atoms with van der Waals surface area (Å²) in [5.74, 6) is 0.0607. The van der Waals surface area contributed by atoms with Crippen molar-refractivity contribution in [1.82, 2.24) is 4.90 Å². The van der Waals surface area contributed by atoms with Crippen molar-refractivity contribution >= 4 is 18.0 Å². The van der Waals surface area contributed by atoms with E-state index in [9.17, 15) is 19.5 Å². The number of amides is 1. The fourth-order valence-electron chi connectivity index (χ4n) is 9.13. The first-order valence-corrected chi connectivity index (χ1v) is 15.5. The number of aliphatic hydroxyl groups is 1. The van der Waals surface area contributed by atoms with E-state index in [1.165, 1.54) is 4.90 Å². The van der Waals surface area contributed by atoms with Crippen LogP contribution in [0.4, 0.5) is 0 Å². The average molecular weight is 573 g/mol. The number of ether oxygens (including phenoxy) is 3. The van der Waals surface area contributed by atoms with E-state index in [0.717, 1.165) is 44.1 Å². The molecule has 1 saturated heterocycles. The van der Waals surface area contributed by atoms with Crippen LogP contribution in [0.3, 0.4) is 0 Å². The Morgan fingerprint density at radius 2 is 2.15 bits per heavy atom. The Morgan fingerprint density at radius 3 is 2.85 bits per heavy atom. The molecule has 4 aliphatic carbocycles. The Balaban J connectivity index is 1.38. The van der Waals surface area contributed by atoms with Crippen molar-refractivity contribution in [3.63, 3.8) is 0 Å². The van der Waals surface area contributed by atoms with Crippen LogP contribution >= 0.6 is 0 Å². The van der Waals surface area contributed by atoms with Gasteiger partial charge in [0.25, 0.3) is 0 Å². The molecule has 1 aliphatic heterocycles. The molecule has 3 N–H and O–H groups in total. The molecule has 0 aromatic rings. The van der Waals surface area contributed by atoms with Crippen molar-refractivity contribution in [2.75, 3.05) is 19.9 Å². The molecule has 41 heavy (non-hydrogen) atoms. The van der Waals surface area contributed by atoms with Crippen molar-refractivity contribution in [3.8, 4) is 0 Å². The molecular formula is C32H48N2O7. The Bertz CT molecular complexity index is 1090. The van der Waals surface area contributed by atoms with Gasteiger partial charge < -0.3 is 30.0 Å². The molecule has 5 rings (SSSR count). The highest BCUT2D eigenvalue weighted by molar-refractivity contribution is 6.01. The first-order chi connectivity index (χ1) is 19.5. The molecule has 3 saturated carbocycles. The fourth-order valence-corrected chi connectivity index (χ4v) is 9.13. The molecule has 0 bridgehead atoms. The largest absolute Gasteiger partial charge is 0.393 e. The zero-order valence-corrected chi connectivity index (χ0v) is 25.1. The molecule has 228 valence electrons. The van der Waals surface area contributed by atoms with Gasteiger partial charge in [-0.25, -0.2) is 0 Å². The van der Waals surface area contributed by atoms with Crippen LogP contribution < -0.4 is 5.73 Å². The third-order valence-electron chi connectivity index (χ3n) is 11.0. The smallest absolute Gasteiger partial charge is 0.211 e. The van der Waals surface area contributed by atoms with Gasteiger partial charge >= 0.3 is 0 Å². The van der Waals surface area contributed by atoms with E-state index >= 15 is 0 Å². The predicted octanol–water partition coefficient (Wildman–Crippen LogP) is 3.28. The molecule has 0 spiro atoms. The number of aliphatic hydroxyl groups excluding tert-OH is 1. The number of Topliss-reactive ketones (excluding diaryl/α,β-unsaturated/α-hetero) is 1. The lowest BCUT2D eigenvalue weighted by Crippen LogP contribution is -2.63. The van der Waals surface area contributed by atoms with E-state index in [2.05, 4.69) is 20.8 Å². The summed E-state index contributed by atoms with van der Waals surface area (Å²) in [6.45, 7) is 8.57. The summed E-state index contributed by atoms with van der Waals surface area (Å²) in [6.07, 6.45) is 10.4. The number of nitrogens with zero attached hydrogens (tertiary/aromatic N) is 1. The van der Waals surface area contributed by atoms with Crippen LogP contribution in [0.1, 0.15) is 79.1 Å². The van der Waals surface area contributed by atoms with Crippen LogP contribution in [0.5, 0.6) is 0 Å². The van der Waals surface area contributed by atoms with Crippen molar-refractivity contribution in [3.05, 3.63) is 23.8 Å². The number of nitrogens with two attached hydrogens (primary N) is 1. The molecule has 4 fully saturated rings. The third kappa shape index (κ3) is 5.05. The quantitative estimate of drug-likeness (QED) is 0.269. The monoisotopic (exact) mass is 572 g/mol. The average Bonchev–Trinajstić information content (AvgIpc) is 3.40. The number of rotatable bonds is 12. The first kappa shape index (κ1) is 30.5. The molecule has 0 aromatic heterocycles. The van der Waals surface area contributed by atoms with Crippen molar-refractivity contribution in [2.45, 2.75) is 109 Å². The summed E-state index contributed by atoms with van der Waals surface area (Å²) < 4.78 is 19.0. The fraction of sp³-hybridized carbons (Fsp3) is 0.781.